The fraction of sp³-hybridized carbons (Fsp3) is 0.375. The van der Waals surface area contributed by atoms with Crippen molar-refractivity contribution in [3.8, 4) is 0 Å². The molecule has 0 aliphatic carbocycles. The molecule has 4 N–H and O–H groups in total. The van der Waals surface area contributed by atoms with Crippen LogP contribution in [0, 0.1) is 0 Å². The van der Waals surface area contributed by atoms with Crippen molar-refractivity contribution in [3.63, 3.8) is 0 Å². The van der Waals surface area contributed by atoms with Gasteiger partial charge in [0.2, 0.25) is 11.9 Å². The van der Waals surface area contributed by atoms with E-state index in [9.17, 15) is 4.79 Å². The minimum Gasteiger partial charge on any atom is -0.368 e. The molecule has 1 atom stereocenters. The van der Waals surface area contributed by atoms with Gasteiger partial charge in [-0.2, -0.15) is 4.98 Å². The molecule has 1 aliphatic heterocycles. The summed E-state index contributed by atoms with van der Waals surface area (Å²) in [6.45, 7) is 0.628. The Balaban J connectivity index is 2.00. The number of carbonyl (C=O) groups excluding carboxylic acids is 1. The number of amides is 1. The molecule has 1 unspecified atom stereocenters. The van der Waals surface area contributed by atoms with Crippen molar-refractivity contribution in [2.75, 3.05) is 17.6 Å². The van der Waals surface area contributed by atoms with E-state index in [4.69, 9.17) is 5.73 Å². The first-order chi connectivity index (χ1) is 6.74. The Bertz CT molecular complexity index is 353. The number of nitrogens with one attached hydrogen (secondary N) is 2. The maximum Gasteiger partial charge on any atom is 0.222 e. The van der Waals surface area contributed by atoms with Crippen LogP contribution in [-0.2, 0) is 4.79 Å². The van der Waals surface area contributed by atoms with Gasteiger partial charge >= 0.3 is 0 Å². The molecule has 0 saturated carbocycles. The summed E-state index contributed by atoms with van der Waals surface area (Å²) in [5.41, 5.74) is 5.42. The third-order valence-corrected chi connectivity index (χ3v) is 2.00. The molecule has 1 fully saturated rings. The standard InChI is InChI=1S/C8H11N5O/c9-8-10-2-1-6(13-8)12-5-3-7(14)11-4-5/h1-2,5H,3-4H2,(H,11,14)(H3,9,10,12,13). The Kier molecular flexibility index (Phi) is 2.18. The number of hydrogen-bond acceptors (Lipinski definition) is 5. The maximum atomic E-state index is 10.9. The molecule has 74 valence electrons. The van der Waals surface area contributed by atoms with Gasteiger partial charge < -0.3 is 16.4 Å². The van der Waals surface area contributed by atoms with Gasteiger partial charge in [0.25, 0.3) is 0 Å². The second kappa shape index (κ2) is 3.49. The summed E-state index contributed by atoms with van der Waals surface area (Å²) < 4.78 is 0. The Morgan fingerprint density at radius 1 is 1.64 bits per heavy atom. The van der Waals surface area contributed by atoms with Crippen LogP contribution in [0.5, 0.6) is 0 Å². The Hall–Kier alpha value is -1.85. The highest BCUT2D eigenvalue weighted by atomic mass is 16.1. The number of nitrogen functional groups attached to an aromatic ring is 1. The highest BCUT2D eigenvalue weighted by Gasteiger charge is 2.21. The lowest BCUT2D eigenvalue weighted by Gasteiger charge is -2.10. The average molecular weight is 193 g/mol. The SMILES string of the molecule is Nc1nccc(NC2CNC(=O)C2)n1. The van der Waals surface area contributed by atoms with Gasteiger partial charge in [0.1, 0.15) is 5.82 Å². The van der Waals surface area contributed by atoms with Crippen LogP contribution in [0.4, 0.5) is 11.8 Å². The first-order valence-corrected chi connectivity index (χ1v) is 4.36. The van der Waals surface area contributed by atoms with Gasteiger partial charge in [-0.05, 0) is 6.07 Å². The van der Waals surface area contributed by atoms with Crippen molar-refractivity contribution < 1.29 is 4.79 Å². The number of rotatable bonds is 2. The van der Waals surface area contributed by atoms with E-state index in [1.807, 2.05) is 0 Å². The maximum absolute atomic E-state index is 10.9. The van der Waals surface area contributed by atoms with Gasteiger partial charge in [0, 0.05) is 19.2 Å². The number of carbonyl (C=O) groups is 1. The van der Waals surface area contributed by atoms with Crippen molar-refractivity contribution in [2.45, 2.75) is 12.5 Å². The number of hydrogen-bond donors (Lipinski definition) is 3. The lowest BCUT2D eigenvalue weighted by molar-refractivity contribution is -0.119. The minimum absolute atomic E-state index is 0.0597. The predicted molar refractivity (Wildman–Crippen MR) is 51.5 cm³/mol. The van der Waals surface area contributed by atoms with Gasteiger partial charge in [0.05, 0.1) is 6.04 Å². The Morgan fingerprint density at radius 2 is 2.50 bits per heavy atom. The number of nitrogens with two attached hydrogens (primary N) is 1. The number of nitrogens with zero attached hydrogens (tertiary/aromatic N) is 2. The van der Waals surface area contributed by atoms with Crippen molar-refractivity contribution >= 4 is 17.7 Å². The number of aromatic nitrogens is 2. The third-order valence-electron chi connectivity index (χ3n) is 2.00. The Labute approximate surface area is 80.9 Å². The van der Waals surface area contributed by atoms with Crippen LogP contribution < -0.4 is 16.4 Å². The summed E-state index contributed by atoms with van der Waals surface area (Å²) in [5, 5.41) is 5.83. The fourth-order valence-electron chi connectivity index (χ4n) is 1.37. The van der Waals surface area contributed by atoms with Crippen LogP contribution in [-0.4, -0.2) is 28.5 Å². The summed E-state index contributed by atoms with van der Waals surface area (Å²) in [6, 6.07) is 1.82. The van der Waals surface area contributed by atoms with Crippen molar-refractivity contribution in [1.29, 1.82) is 0 Å². The van der Waals surface area contributed by atoms with Crippen molar-refractivity contribution in [2.24, 2.45) is 0 Å². The molecule has 1 aliphatic rings. The molecule has 1 saturated heterocycles. The third kappa shape index (κ3) is 1.90. The van der Waals surface area contributed by atoms with E-state index in [-0.39, 0.29) is 17.9 Å². The molecule has 0 aromatic carbocycles. The summed E-state index contributed by atoms with van der Waals surface area (Å²) in [6.07, 6.45) is 2.05. The van der Waals surface area contributed by atoms with Crippen molar-refractivity contribution in [1.82, 2.24) is 15.3 Å². The lowest BCUT2D eigenvalue weighted by atomic mass is 10.2. The van der Waals surface area contributed by atoms with Gasteiger partial charge in [-0.15, -0.1) is 0 Å². The van der Waals surface area contributed by atoms with Gasteiger partial charge in [0.15, 0.2) is 0 Å². The van der Waals surface area contributed by atoms with Crippen LogP contribution in [0.1, 0.15) is 6.42 Å². The molecule has 1 amide bonds. The fourth-order valence-corrected chi connectivity index (χ4v) is 1.37. The van der Waals surface area contributed by atoms with Gasteiger partial charge in [-0.25, -0.2) is 4.98 Å². The minimum atomic E-state index is 0.0597. The molecule has 0 bridgehead atoms. The molecule has 0 radical (unpaired) electrons. The summed E-state index contributed by atoms with van der Waals surface area (Å²) >= 11 is 0. The van der Waals surface area contributed by atoms with Crippen LogP contribution >= 0.6 is 0 Å². The largest absolute Gasteiger partial charge is 0.368 e. The first-order valence-electron chi connectivity index (χ1n) is 4.36. The molecule has 1 aromatic rings. The van der Waals surface area contributed by atoms with E-state index in [0.717, 1.165) is 0 Å². The molecule has 14 heavy (non-hydrogen) atoms. The second-order valence-corrected chi connectivity index (χ2v) is 3.15. The second-order valence-electron chi connectivity index (χ2n) is 3.15. The zero-order valence-corrected chi connectivity index (χ0v) is 7.53. The molecule has 2 rings (SSSR count). The van der Waals surface area contributed by atoms with Crippen LogP contribution in [0.2, 0.25) is 0 Å². The molecule has 2 heterocycles. The lowest BCUT2D eigenvalue weighted by Crippen LogP contribution is -2.23. The predicted octanol–water partition coefficient (Wildman–Crippen LogP) is -0.641. The topological polar surface area (TPSA) is 92.9 Å². The molecular weight excluding hydrogens is 182 g/mol. The first kappa shape index (κ1) is 8.74. The van der Waals surface area contributed by atoms with E-state index in [0.29, 0.717) is 18.8 Å². The quantitative estimate of drug-likeness (QED) is 0.581. The average Bonchev–Trinajstić information content (AvgIpc) is 2.51. The zero-order valence-electron chi connectivity index (χ0n) is 7.53. The molecule has 6 heteroatoms. The molecule has 6 nitrogen and oxygen atoms in total. The van der Waals surface area contributed by atoms with E-state index in [1.54, 1.807) is 12.3 Å². The molecule has 0 spiro atoms. The van der Waals surface area contributed by atoms with Crippen LogP contribution in [0.25, 0.3) is 0 Å². The molecule has 1 aromatic heterocycles. The van der Waals surface area contributed by atoms with Crippen molar-refractivity contribution in [3.05, 3.63) is 12.3 Å². The highest BCUT2D eigenvalue weighted by Crippen LogP contribution is 2.09. The van der Waals surface area contributed by atoms with Crippen LogP contribution in [0.3, 0.4) is 0 Å². The zero-order chi connectivity index (χ0) is 9.97. The van der Waals surface area contributed by atoms with Gasteiger partial charge in [-0.3, -0.25) is 4.79 Å². The monoisotopic (exact) mass is 193 g/mol. The van der Waals surface area contributed by atoms with Gasteiger partial charge in [-0.1, -0.05) is 0 Å². The van der Waals surface area contributed by atoms with E-state index < -0.39 is 0 Å². The van der Waals surface area contributed by atoms with E-state index >= 15 is 0 Å². The summed E-state index contributed by atoms with van der Waals surface area (Å²) in [5.74, 6) is 0.941. The Morgan fingerprint density at radius 3 is 3.14 bits per heavy atom. The van der Waals surface area contributed by atoms with E-state index in [1.165, 1.54) is 0 Å². The van der Waals surface area contributed by atoms with Crippen LogP contribution in [0.15, 0.2) is 12.3 Å². The highest BCUT2D eigenvalue weighted by molar-refractivity contribution is 5.79. The molecular formula is C8H11N5O. The normalized spacial score (nSPS) is 20.6. The van der Waals surface area contributed by atoms with E-state index in [2.05, 4.69) is 20.6 Å². The summed E-state index contributed by atoms with van der Waals surface area (Å²) in [4.78, 5) is 18.7. The smallest absolute Gasteiger partial charge is 0.222 e. The number of anilines is 2. The summed E-state index contributed by atoms with van der Waals surface area (Å²) in [7, 11) is 0.